The van der Waals surface area contributed by atoms with Crippen molar-refractivity contribution < 1.29 is 80.6 Å². The summed E-state index contributed by atoms with van der Waals surface area (Å²) in [4.78, 5) is 106. The lowest BCUT2D eigenvalue weighted by Gasteiger charge is -2.37. The van der Waals surface area contributed by atoms with Gasteiger partial charge in [-0.2, -0.15) is 10.2 Å². The maximum absolute atomic E-state index is 15.9. The summed E-state index contributed by atoms with van der Waals surface area (Å²) in [5, 5.41) is 21.7. The number of nitrogens with one attached hydrogen (secondary N) is 4. The molecule has 10 rings (SSSR count). The number of urea groups is 1. The van der Waals surface area contributed by atoms with Gasteiger partial charge in [0.2, 0.25) is 23.6 Å². The Morgan fingerprint density at radius 2 is 1.26 bits per heavy atom. The summed E-state index contributed by atoms with van der Waals surface area (Å²) in [5.41, 5.74) is 10.7. The van der Waals surface area contributed by atoms with E-state index in [1.165, 1.54) is 23.4 Å². The van der Waals surface area contributed by atoms with Crippen molar-refractivity contribution in [2.45, 2.75) is 76.9 Å². The van der Waals surface area contributed by atoms with Gasteiger partial charge in [-0.05, 0) is 112 Å². The molecular weight excluding hydrogens is 1390 g/mol. The number of primary amides is 1. The van der Waals surface area contributed by atoms with Gasteiger partial charge in [-0.3, -0.25) is 43.0 Å². The molecule has 0 aliphatic carbocycles. The van der Waals surface area contributed by atoms with Gasteiger partial charge in [0.05, 0.1) is 167 Å². The first-order chi connectivity index (χ1) is 52.1. The number of aromatic nitrogens is 6. The summed E-state index contributed by atoms with van der Waals surface area (Å²) in [6.07, 6.45) is 8.81. The second kappa shape index (κ2) is 41.9. The Kier molecular flexibility index (Phi) is 31.5. The fraction of sp³-hybridized carbons (Fsp3) is 0.581. The fourth-order valence-electron chi connectivity index (χ4n) is 13.6. The van der Waals surface area contributed by atoms with Gasteiger partial charge in [0.1, 0.15) is 24.7 Å². The second-order valence-electron chi connectivity index (χ2n) is 26.8. The zero-order chi connectivity index (χ0) is 75.3. The Morgan fingerprint density at radius 3 is 1.89 bits per heavy atom. The third-order valence-electron chi connectivity index (χ3n) is 19.4. The van der Waals surface area contributed by atoms with E-state index < -0.39 is 29.5 Å². The van der Waals surface area contributed by atoms with Crippen molar-refractivity contribution in [2.75, 3.05) is 209 Å². The maximum Gasteiger partial charge on any atom is 0.325 e. The molecule has 3 aromatic heterocycles. The molecule has 0 bridgehead atoms. The zero-order valence-corrected chi connectivity index (χ0v) is 61.7. The predicted octanol–water partition coefficient (Wildman–Crippen LogP) is 3.63. The molecular formula is C74H103FN16O16. The normalized spacial score (nSPS) is 16.1. The SMILES string of the molecule is COC(=O)CNC(=O)CNC(=O)Cn1nc(C)c2c(-c3cc4c(cnn4CC4CCN(CC(=O)NCCOCCOCCOCCOCCOCCOCCOCCOCCC(=O)N5CCC(c6ccc(Nc7nc(N8CCC[C@@H](N9CCN(C)C9=O)C8)cnc7C(N)=O)cc6)CC5)CC4)cc3F)cccc21. The topological polar surface area (TPSA) is 354 Å². The number of amides is 7. The fourth-order valence-corrected chi connectivity index (χ4v) is 13.6. The number of halogens is 1. The molecule has 33 heteroatoms. The van der Waals surface area contributed by atoms with Crippen molar-refractivity contribution >= 4 is 80.7 Å². The number of fused-ring (bicyclic) bond motifs is 2. The molecule has 0 spiro atoms. The van der Waals surface area contributed by atoms with E-state index in [0.29, 0.717) is 215 Å². The van der Waals surface area contributed by atoms with Crippen LogP contribution in [-0.2, 0) is 79.7 Å². The summed E-state index contributed by atoms with van der Waals surface area (Å²) in [6.45, 7) is 14.5. The van der Waals surface area contributed by atoms with E-state index in [1.54, 1.807) is 36.4 Å². The monoisotopic (exact) mass is 1490 g/mol. The number of carbonyl (C=O) groups is 7. The largest absolute Gasteiger partial charge is 0.468 e. The molecule has 4 saturated heterocycles. The van der Waals surface area contributed by atoms with Crippen molar-refractivity contribution in [3.8, 4) is 11.1 Å². The van der Waals surface area contributed by atoms with Gasteiger partial charge in [-0.1, -0.05) is 24.3 Å². The molecule has 582 valence electrons. The van der Waals surface area contributed by atoms with E-state index in [9.17, 15) is 33.6 Å². The molecule has 4 aliphatic heterocycles. The van der Waals surface area contributed by atoms with Crippen molar-refractivity contribution in [3.05, 3.63) is 89.8 Å². The maximum atomic E-state index is 15.9. The third kappa shape index (κ3) is 24.2. The van der Waals surface area contributed by atoms with Gasteiger partial charge >= 0.3 is 12.0 Å². The minimum absolute atomic E-state index is 0.0484. The van der Waals surface area contributed by atoms with Crippen LogP contribution in [0.1, 0.15) is 72.6 Å². The average molecular weight is 1490 g/mol. The highest BCUT2D eigenvalue weighted by Crippen LogP contribution is 2.36. The number of ether oxygens (including phenoxy) is 9. The lowest BCUT2D eigenvalue weighted by molar-refractivity contribution is -0.141. The van der Waals surface area contributed by atoms with Crippen LogP contribution in [0.2, 0.25) is 0 Å². The quantitative estimate of drug-likeness (QED) is 0.0269. The number of likely N-dealkylation sites (N-methyl/N-ethyl adjacent to an activating group) is 1. The summed E-state index contributed by atoms with van der Waals surface area (Å²) >= 11 is 0. The molecule has 0 saturated carbocycles. The van der Waals surface area contributed by atoms with Gasteiger partial charge in [-0.15, -0.1) is 0 Å². The molecule has 0 unspecified atom stereocenters. The summed E-state index contributed by atoms with van der Waals surface area (Å²) in [7, 11) is 3.03. The first kappa shape index (κ1) is 80.5. The number of anilines is 3. The second-order valence-corrected chi connectivity index (χ2v) is 26.8. The number of hydrogen-bond acceptors (Lipinski definition) is 23. The number of rotatable bonds is 44. The van der Waals surface area contributed by atoms with E-state index in [4.69, 9.17) is 48.6 Å². The molecule has 0 radical (unpaired) electrons. The van der Waals surface area contributed by atoms with Crippen LogP contribution < -0.4 is 31.9 Å². The standard InChI is InChI=1S/C74H103FN16O16/c1-52-70-59(7-4-8-62(70)91(84-52)51-67(94)78-46-65(92)79-47-69(96)99-3)60-43-63-56(42-61(60)75)44-81-90(63)48-53-13-20-86(21-14-53)50-66(93)77-18-27-101-29-31-103-33-35-105-37-39-107-41-40-106-38-36-104-34-32-102-30-28-100-26-17-68(95)87-22-15-55(16-23-87)54-9-11-57(12-10-54)82-73-71(72(76)97)80-45-64(83-73)88-19-5-6-58(49-88)89-25-24-85(2)74(89)98/h4,7-12,42-45,53,55,58H,5-6,13-41,46-51H2,1-3H3,(H2,76,97)(H,77,93)(H,78,94)(H,79,92)(H,82,83)/t58-/m1/s1. The van der Waals surface area contributed by atoms with Crippen LogP contribution in [0.15, 0.2) is 67.0 Å². The number of nitrogens with zero attached hydrogens (tertiary/aromatic N) is 11. The Bertz CT molecular complexity index is 3890. The molecule has 32 nitrogen and oxygen atoms in total. The van der Waals surface area contributed by atoms with E-state index in [1.807, 2.05) is 45.8 Å². The number of nitrogens with two attached hydrogens (primary N) is 1. The highest BCUT2D eigenvalue weighted by atomic mass is 19.1. The number of esters is 1. The summed E-state index contributed by atoms with van der Waals surface area (Å²) in [6, 6.07) is 16.9. The number of hydrogen-bond donors (Lipinski definition) is 5. The Labute approximate surface area is 622 Å². The van der Waals surface area contributed by atoms with Crippen molar-refractivity contribution in [3.63, 3.8) is 0 Å². The smallest absolute Gasteiger partial charge is 0.325 e. The number of methoxy groups -OCH3 is 1. The number of carbonyl (C=O) groups excluding carboxylic acids is 7. The van der Waals surface area contributed by atoms with Crippen LogP contribution >= 0.6 is 0 Å². The zero-order valence-electron chi connectivity index (χ0n) is 61.7. The van der Waals surface area contributed by atoms with Crippen LogP contribution in [0.4, 0.5) is 26.5 Å². The third-order valence-corrected chi connectivity index (χ3v) is 19.4. The minimum Gasteiger partial charge on any atom is -0.468 e. The van der Waals surface area contributed by atoms with E-state index in [2.05, 4.69) is 63.1 Å². The molecule has 6 aromatic rings. The average Bonchev–Trinajstić information content (AvgIpc) is 1.64. The van der Waals surface area contributed by atoms with Gasteiger partial charge < -0.3 is 89.2 Å². The number of likely N-dealkylation sites (tertiary alicyclic amines) is 2. The van der Waals surface area contributed by atoms with Crippen molar-refractivity contribution in [2.24, 2.45) is 11.7 Å². The minimum atomic E-state index is -0.682. The molecule has 4 fully saturated rings. The van der Waals surface area contributed by atoms with Crippen LogP contribution in [0.3, 0.4) is 0 Å². The van der Waals surface area contributed by atoms with Crippen LogP contribution in [0.5, 0.6) is 0 Å². The molecule has 1 atom stereocenters. The summed E-state index contributed by atoms with van der Waals surface area (Å²) < 4.78 is 68.8. The number of piperidine rings is 3. The first-order valence-corrected chi connectivity index (χ1v) is 37.0. The number of aryl methyl sites for hydroxylation is 1. The molecule has 107 heavy (non-hydrogen) atoms. The van der Waals surface area contributed by atoms with E-state index in [0.717, 1.165) is 69.4 Å². The van der Waals surface area contributed by atoms with Gasteiger partial charge in [0.15, 0.2) is 11.5 Å². The lowest BCUT2D eigenvalue weighted by atomic mass is 9.89. The van der Waals surface area contributed by atoms with E-state index in [-0.39, 0.29) is 55.0 Å². The van der Waals surface area contributed by atoms with Crippen LogP contribution in [-0.4, -0.2) is 295 Å². The lowest BCUT2D eigenvalue weighted by Crippen LogP contribution is -2.49. The molecule has 7 amide bonds. The summed E-state index contributed by atoms with van der Waals surface area (Å²) in [5.74, 6) is -1.21. The molecule has 6 N–H and O–H groups in total. The number of benzene rings is 3. The highest BCUT2D eigenvalue weighted by molar-refractivity contribution is 6.00. The van der Waals surface area contributed by atoms with Gasteiger partial charge in [-0.25, -0.2) is 19.2 Å². The Balaban J connectivity index is 0.474. The van der Waals surface area contributed by atoms with Crippen molar-refractivity contribution in [1.82, 2.24) is 65.1 Å². The molecule has 3 aromatic carbocycles. The Morgan fingerprint density at radius 1 is 0.636 bits per heavy atom. The Hall–Kier alpha value is -9.06. The van der Waals surface area contributed by atoms with E-state index >= 15 is 4.39 Å². The van der Waals surface area contributed by atoms with Crippen LogP contribution in [0.25, 0.3) is 32.9 Å². The predicted molar refractivity (Wildman–Crippen MR) is 393 cm³/mol. The van der Waals surface area contributed by atoms with Gasteiger partial charge in [0, 0.05) is 81.4 Å². The van der Waals surface area contributed by atoms with Gasteiger partial charge in [0.25, 0.3) is 5.91 Å². The molecule has 7 heterocycles. The first-order valence-electron chi connectivity index (χ1n) is 37.0. The van der Waals surface area contributed by atoms with Crippen LogP contribution in [0, 0.1) is 18.7 Å². The van der Waals surface area contributed by atoms with Crippen molar-refractivity contribution in [1.29, 1.82) is 0 Å². The molecule has 4 aliphatic rings. The highest BCUT2D eigenvalue weighted by Gasteiger charge is 2.35.